The van der Waals surface area contributed by atoms with Gasteiger partial charge in [0.25, 0.3) is 5.91 Å². The third kappa shape index (κ3) is 4.39. The van der Waals surface area contributed by atoms with E-state index in [-0.39, 0.29) is 18.4 Å². The summed E-state index contributed by atoms with van der Waals surface area (Å²) in [6.07, 6.45) is 2.06. The molecule has 4 nitrogen and oxygen atoms in total. The largest absolute Gasteiger partial charge is 0.396 e. The maximum Gasteiger partial charge on any atom is 0.251 e. The minimum Gasteiger partial charge on any atom is -0.396 e. The second-order valence-electron chi connectivity index (χ2n) is 7.28. The number of benzene rings is 3. The number of allylic oxidation sites excluding steroid dienone is 1. The van der Waals surface area contributed by atoms with Crippen molar-refractivity contribution in [3.63, 3.8) is 0 Å². The van der Waals surface area contributed by atoms with E-state index in [1.54, 1.807) is 0 Å². The molecule has 2 N–H and O–H groups in total. The summed E-state index contributed by atoms with van der Waals surface area (Å²) in [5.74, 6) is -0.306. The number of nitrogens with one attached hydrogen (secondary N) is 1. The van der Waals surface area contributed by atoms with Gasteiger partial charge in [-0.3, -0.25) is 9.79 Å². The number of hydrogen-bond donors (Lipinski definition) is 2. The van der Waals surface area contributed by atoms with Gasteiger partial charge in [0.1, 0.15) is 0 Å². The maximum absolute atomic E-state index is 13.0. The van der Waals surface area contributed by atoms with Crippen molar-refractivity contribution in [1.82, 2.24) is 5.32 Å². The van der Waals surface area contributed by atoms with Crippen LogP contribution in [0.1, 0.15) is 33.0 Å². The number of nitrogens with zero attached hydrogens (tertiary/aromatic N) is 1. The Morgan fingerprint density at radius 2 is 1.60 bits per heavy atom. The first kappa shape index (κ1) is 19.8. The summed E-state index contributed by atoms with van der Waals surface area (Å²) in [5.41, 5.74) is 5.52. The zero-order chi connectivity index (χ0) is 20.8. The molecule has 0 bridgehead atoms. The SMILES string of the molecule is O=C(NCC(CO)c1ccccc1)c1ccccc1C1=NCC(c2ccccc2)=C1. The summed E-state index contributed by atoms with van der Waals surface area (Å²) >= 11 is 0. The predicted molar refractivity (Wildman–Crippen MR) is 121 cm³/mol. The summed E-state index contributed by atoms with van der Waals surface area (Å²) in [7, 11) is 0. The summed E-state index contributed by atoms with van der Waals surface area (Å²) in [6, 6.07) is 27.4. The number of aliphatic imine (C=N–C) groups is 1. The van der Waals surface area contributed by atoms with Crippen LogP contribution >= 0.6 is 0 Å². The average molecular weight is 396 g/mol. The molecular weight excluding hydrogens is 372 g/mol. The lowest BCUT2D eigenvalue weighted by molar-refractivity contribution is 0.0947. The van der Waals surface area contributed by atoms with E-state index in [9.17, 15) is 9.90 Å². The molecule has 0 fully saturated rings. The van der Waals surface area contributed by atoms with E-state index >= 15 is 0 Å². The lowest BCUT2D eigenvalue weighted by Crippen LogP contribution is -2.30. The van der Waals surface area contributed by atoms with E-state index in [0.29, 0.717) is 18.7 Å². The van der Waals surface area contributed by atoms with Crippen molar-refractivity contribution in [2.75, 3.05) is 19.7 Å². The van der Waals surface area contributed by atoms with Gasteiger partial charge in [0.05, 0.1) is 18.9 Å². The van der Waals surface area contributed by atoms with E-state index in [1.807, 2.05) is 72.8 Å². The number of hydrogen-bond acceptors (Lipinski definition) is 3. The van der Waals surface area contributed by atoms with Crippen molar-refractivity contribution in [2.45, 2.75) is 5.92 Å². The summed E-state index contributed by atoms with van der Waals surface area (Å²) in [5, 5.41) is 12.7. The minimum absolute atomic E-state index is 0.0260. The Morgan fingerprint density at radius 1 is 0.933 bits per heavy atom. The Morgan fingerprint density at radius 3 is 2.33 bits per heavy atom. The summed E-state index contributed by atoms with van der Waals surface area (Å²) in [6.45, 7) is 0.947. The molecule has 1 atom stereocenters. The van der Waals surface area contributed by atoms with Crippen LogP contribution in [0.15, 0.2) is 96.0 Å². The van der Waals surface area contributed by atoms with Gasteiger partial charge in [-0.25, -0.2) is 0 Å². The van der Waals surface area contributed by atoms with Gasteiger partial charge in [-0.2, -0.15) is 0 Å². The highest BCUT2D eigenvalue weighted by atomic mass is 16.3. The lowest BCUT2D eigenvalue weighted by atomic mass is 9.98. The zero-order valence-electron chi connectivity index (χ0n) is 16.7. The maximum atomic E-state index is 13.0. The molecule has 30 heavy (non-hydrogen) atoms. The molecule has 0 saturated carbocycles. The van der Waals surface area contributed by atoms with Gasteiger partial charge >= 0.3 is 0 Å². The van der Waals surface area contributed by atoms with Crippen LogP contribution in [0.3, 0.4) is 0 Å². The fourth-order valence-corrected chi connectivity index (χ4v) is 3.65. The van der Waals surface area contributed by atoms with Crippen molar-refractivity contribution >= 4 is 17.2 Å². The normalized spacial score (nSPS) is 14.0. The van der Waals surface area contributed by atoms with E-state index in [1.165, 1.54) is 0 Å². The lowest BCUT2D eigenvalue weighted by Gasteiger charge is -2.16. The highest BCUT2D eigenvalue weighted by Crippen LogP contribution is 2.23. The molecule has 4 heteroatoms. The molecular formula is C26H24N2O2. The van der Waals surface area contributed by atoms with E-state index in [2.05, 4.69) is 28.5 Å². The molecule has 3 aromatic carbocycles. The van der Waals surface area contributed by atoms with Crippen molar-refractivity contribution in [3.05, 3.63) is 113 Å². The first-order valence-electron chi connectivity index (χ1n) is 10.1. The highest BCUT2D eigenvalue weighted by Gasteiger charge is 2.19. The highest BCUT2D eigenvalue weighted by molar-refractivity contribution is 6.19. The number of amides is 1. The fourth-order valence-electron chi connectivity index (χ4n) is 3.65. The molecule has 1 aliphatic heterocycles. The molecule has 1 aliphatic rings. The predicted octanol–water partition coefficient (Wildman–Crippen LogP) is 4.08. The first-order valence-corrected chi connectivity index (χ1v) is 10.1. The van der Waals surface area contributed by atoms with Crippen LogP contribution in [0.4, 0.5) is 0 Å². The molecule has 0 aliphatic carbocycles. The monoisotopic (exact) mass is 396 g/mol. The van der Waals surface area contributed by atoms with Gasteiger partial charge in [0.2, 0.25) is 0 Å². The molecule has 3 aromatic rings. The minimum atomic E-state index is -0.163. The zero-order valence-corrected chi connectivity index (χ0v) is 16.7. The number of rotatable bonds is 7. The second-order valence-corrected chi connectivity index (χ2v) is 7.28. The Hall–Kier alpha value is -3.50. The summed E-state index contributed by atoms with van der Waals surface area (Å²) in [4.78, 5) is 17.6. The number of aliphatic hydroxyl groups excluding tert-OH is 1. The smallest absolute Gasteiger partial charge is 0.251 e. The quantitative estimate of drug-likeness (QED) is 0.632. The standard InChI is InChI=1S/C26H24N2O2/c29-18-22(20-11-5-2-6-12-20)17-28-26(30)24-14-8-7-13-23(24)25-15-21(16-27-25)19-9-3-1-4-10-19/h1-15,22,29H,16-18H2,(H,28,30). The van der Waals surface area contributed by atoms with Crippen LogP contribution in [0.2, 0.25) is 0 Å². The van der Waals surface area contributed by atoms with Gasteiger partial charge < -0.3 is 10.4 Å². The van der Waals surface area contributed by atoms with Crippen LogP contribution in [0.5, 0.6) is 0 Å². The van der Waals surface area contributed by atoms with Gasteiger partial charge in [-0.15, -0.1) is 0 Å². The Labute approximate surface area is 176 Å². The molecule has 4 rings (SSSR count). The van der Waals surface area contributed by atoms with Gasteiger partial charge in [0, 0.05) is 23.6 Å². The molecule has 0 spiro atoms. The van der Waals surface area contributed by atoms with Crippen molar-refractivity contribution in [1.29, 1.82) is 0 Å². The van der Waals surface area contributed by atoms with E-state index in [4.69, 9.17) is 0 Å². The molecule has 150 valence electrons. The van der Waals surface area contributed by atoms with Gasteiger partial charge in [0.15, 0.2) is 0 Å². The Balaban J connectivity index is 1.51. The number of carbonyl (C=O) groups is 1. The third-order valence-corrected chi connectivity index (χ3v) is 5.32. The van der Waals surface area contributed by atoms with E-state index < -0.39 is 0 Å². The molecule has 1 heterocycles. The number of aliphatic hydroxyl groups is 1. The molecule has 1 unspecified atom stereocenters. The molecule has 0 aromatic heterocycles. The summed E-state index contributed by atoms with van der Waals surface area (Å²) < 4.78 is 0. The van der Waals surface area contributed by atoms with Crippen LogP contribution < -0.4 is 5.32 Å². The van der Waals surface area contributed by atoms with Gasteiger partial charge in [-0.05, 0) is 28.8 Å². The van der Waals surface area contributed by atoms with Crippen LogP contribution in [0, 0.1) is 0 Å². The second kappa shape index (κ2) is 9.33. The Bertz CT molecular complexity index is 1070. The first-order chi connectivity index (χ1) is 14.8. The van der Waals surface area contributed by atoms with Gasteiger partial charge in [-0.1, -0.05) is 78.9 Å². The Kier molecular flexibility index (Phi) is 6.16. The van der Waals surface area contributed by atoms with Crippen molar-refractivity contribution in [3.8, 4) is 0 Å². The third-order valence-electron chi connectivity index (χ3n) is 5.32. The topological polar surface area (TPSA) is 61.7 Å². The van der Waals surface area contributed by atoms with Crippen LogP contribution in [-0.4, -0.2) is 36.4 Å². The molecule has 0 radical (unpaired) electrons. The number of carbonyl (C=O) groups excluding carboxylic acids is 1. The van der Waals surface area contributed by atoms with Crippen molar-refractivity contribution in [2.24, 2.45) is 4.99 Å². The van der Waals surface area contributed by atoms with E-state index in [0.717, 1.165) is 28.0 Å². The van der Waals surface area contributed by atoms with Crippen LogP contribution in [-0.2, 0) is 0 Å². The van der Waals surface area contributed by atoms with Crippen molar-refractivity contribution < 1.29 is 9.90 Å². The fraction of sp³-hybridized carbons (Fsp3) is 0.154. The average Bonchev–Trinajstić information content (AvgIpc) is 3.31. The van der Waals surface area contributed by atoms with Crippen LogP contribution in [0.25, 0.3) is 5.57 Å². The molecule has 0 saturated heterocycles. The molecule has 1 amide bonds.